The van der Waals surface area contributed by atoms with Crippen LogP contribution in [0.25, 0.3) is 16.9 Å². The Kier molecular flexibility index (Phi) is 3.70. The van der Waals surface area contributed by atoms with E-state index in [4.69, 9.17) is 14.7 Å². The van der Waals surface area contributed by atoms with Crippen LogP contribution in [0.5, 0.6) is 5.75 Å². The highest BCUT2D eigenvalue weighted by Crippen LogP contribution is 2.43. The number of anilines is 1. The van der Waals surface area contributed by atoms with Crippen molar-refractivity contribution in [3.63, 3.8) is 0 Å². The summed E-state index contributed by atoms with van der Waals surface area (Å²) in [5, 5.41) is 11.2. The van der Waals surface area contributed by atoms with Gasteiger partial charge in [-0.25, -0.2) is 14.5 Å². The van der Waals surface area contributed by atoms with E-state index in [9.17, 15) is 0 Å². The molecule has 134 valence electrons. The summed E-state index contributed by atoms with van der Waals surface area (Å²) in [7, 11) is 1.68. The predicted molar refractivity (Wildman–Crippen MR) is 97.4 cm³/mol. The van der Waals surface area contributed by atoms with Crippen LogP contribution in [-0.4, -0.2) is 50.8 Å². The number of ether oxygens (including phenoxy) is 1. The average Bonchev–Trinajstić information content (AvgIpc) is 3.23. The molecule has 3 aromatic rings. The van der Waals surface area contributed by atoms with Gasteiger partial charge in [0.25, 0.3) is 0 Å². The molecule has 8 heteroatoms. The molecule has 0 bridgehead atoms. The predicted octanol–water partition coefficient (Wildman–Crippen LogP) is 1.85. The summed E-state index contributed by atoms with van der Waals surface area (Å²) >= 11 is 0. The molecule has 0 radical (unpaired) electrons. The lowest BCUT2D eigenvalue weighted by Gasteiger charge is -2.12. The molecule has 0 amide bonds. The van der Waals surface area contributed by atoms with E-state index in [2.05, 4.69) is 20.7 Å². The highest BCUT2D eigenvalue weighted by atomic mass is 16.5. The first-order valence-electron chi connectivity index (χ1n) is 9.04. The van der Waals surface area contributed by atoms with Gasteiger partial charge in [0.2, 0.25) is 0 Å². The third-order valence-electron chi connectivity index (χ3n) is 4.99. The number of aromatic nitrogens is 5. The van der Waals surface area contributed by atoms with Crippen LogP contribution >= 0.6 is 0 Å². The molecule has 0 aromatic carbocycles. The van der Waals surface area contributed by atoms with Gasteiger partial charge in [-0.15, -0.1) is 0 Å². The molecule has 0 spiro atoms. The molecule has 5 rings (SSSR count). The summed E-state index contributed by atoms with van der Waals surface area (Å²) in [4.78, 5) is 13.9. The van der Waals surface area contributed by atoms with E-state index in [0.29, 0.717) is 12.0 Å². The molecule has 8 nitrogen and oxygen atoms in total. The van der Waals surface area contributed by atoms with Crippen LogP contribution in [0.1, 0.15) is 30.9 Å². The second-order valence-electron chi connectivity index (χ2n) is 6.92. The molecule has 2 aliphatic rings. The van der Waals surface area contributed by atoms with Crippen molar-refractivity contribution in [3.8, 4) is 17.0 Å². The number of hydrogen-bond donors (Lipinski definition) is 2. The Labute approximate surface area is 151 Å². The first-order chi connectivity index (χ1) is 12.8. The third-order valence-corrected chi connectivity index (χ3v) is 4.99. The second-order valence-corrected chi connectivity index (χ2v) is 6.92. The van der Waals surface area contributed by atoms with E-state index < -0.39 is 0 Å². The largest absolute Gasteiger partial charge is 0.493 e. The molecule has 1 aliphatic heterocycles. The molecule has 1 saturated heterocycles. The topological polar surface area (TPSA) is 89.3 Å². The fraction of sp³-hybridized carbons (Fsp3) is 0.444. The summed E-state index contributed by atoms with van der Waals surface area (Å²) in [5.74, 6) is 2.07. The van der Waals surface area contributed by atoms with Crippen LogP contribution < -0.4 is 15.4 Å². The number of fused-ring (bicyclic) bond motifs is 1. The van der Waals surface area contributed by atoms with E-state index >= 15 is 0 Å². The van der Waals surface area contributed by atoms with Gasteiger partial charge in [-0.05, 0) is 25.8 Å². The number of hydrogen-bond acceptors (Lipinski definition) is 7. The zero-order chi connectivity index (χ0) is 17.5. The number of methoxy groups -OCH3 is 1. The maximum absolute atomic E-state index is 5.50. The molecule has 1 saturated carbocycles. The lowest BCUT2D eigenvalue weighted by atomic mass is 10.2. The van der Waals surface area contributed by atoms with Gasteiger partial charge >= 0.3 is 0 Å². The van der Waals surface area contributed by atoms with Crippen LogP contribution in [-0.2, 0) is 0 Å². The van der Waals surface area contributed by atoms with Gasteiger partial charge in [-0.2, -0.15) is 5.10 Å². The summed E-state index contributed by atoms with van der Waals surface area (Å²) < 4.78 is 7.25. The highest BCUT2D eigenvalue weighted by molar-refractivity contribution is 5.75. The van der Waals surface area contributed by atoms with Crippen molar-refractivity contribution in [1.29, 1.82) is 0 Å². The van der Waals surface area contributed by atoms with E-state index in [0.717, 1.165) is 66.5 Å². The molecule has 26 heavy (non-hydrogen) atoms. The van der Waals surface area contributed by atoms with Gasteiger partial charge < -0.3 is 15.4 Å². The van der Waals surface area contributed by atoms with Crippen molar-refractivity contribution in [1.82, 2.24) is 29.9 Å². The summed E-state index contributed by atoms with van der Waals surface area (Å²) in [6.45, 7) is 1.99. The number of nitrogens with zero attached hydrogens (tertiary/aromatic N) is 5. The van der Waals surface area contributed by atoms with Crippen LogP contribution in [0.4, 0.5) is 5.82 Å². The van der Waals surface area contributed by atoms with Crippen LogP contribution in [0, 0.1) is 0 Å². The molecule has 4 heterocycles. The molecular weight excluding hydrogens is 330 g/mol. The van der Waals surface area contributed by atoms with Crippen LogP contribution in [0.3, 0.4) is 0 Å². The lowest BCUT2D eigenvalue weighted by molar-refractivity contribution is 0.403. The maximum atomic E-state index is 5.50. The summed E-state index contributed by atoms with van der Waals surface area (Å²) in [5.41, 5.74) is 3.47. The van der Waals surface area contributed by atoms with Crippen molar-refractivity contribution < 1.29 is 4.74 Å². The molecule has 1 aliphatic carbocycles. The standard InChI is InChI=1S/C18H21N7O/c1-26-15-10-25-18(24-17(15)11-2-3-11)13(7-21-25)14-8-20-9-16(23-14)22-12-4-5-19-6-12/h7-12,19H,2-6H2,1H3,(H,22,23). The highest BCUT2D eigenvalue weighted by Gasteiger charge is 2.29. The van der Waals surface area contributed by atoms with Gasteiger partial charge in [0.15, 0.2) is 11.4 Å². The monoisotopic (exact) mass is 351 g/mol. The smallest absolute Gasteiger partial charge is 0.164 e. The van der Waals surface area contributed by atoms with E-state index in [-0.39, 0.29) is 0 Å². The Bertz CT molecular complexity index is 944. The van der Waals surface area contributed by atoms with Crippen molar-refractivity contribution >= 4 is 11.5 Å². The zero-order valence-corrected chi connectivity index (χ0v) is 14.6. The Morgan fingerprint density at radius 3 is 2.88 bits per heavy atom. The van der Waals surface area contributed by atoms with Crippen molar-refractivity contribution in [2.24, 2.45) is 0 Å². The molecule has 2 N–H and O–H groups in total. The van der Waals surface area contributed by atoms with Crippen molar-refractivity contribution in [2.75, 3.05) is 25.5 Å². The Morgan fingerprint density at radius 1 is 1.19 bits per heavy atom. The molecule has 1 unspecified atom stereocenters. The Balaban J connectivity index is 1.53. The maximum Gasteiger partial charge on any atom is 0.164 e. The Morgan fingerprint density at radius 2 is 2.12 bits per heavy atom. The first kappa shape index (κ1) is 15.5. The molecule has 2 fully saturated rings. The van der Waals surface area contributed by atoms with Crippen LogP contribution in [0.2, 0.25) is 0 Å². The van der Waals surface area contributed by atoms with Gasteiger partial charge in [-0.3, -0.25) is 4.98 Å². The minimum Gasteiger partial charge on any atom is -0.493 e. The van der Waals surface area contributed by atoms with E-state index in [1.54, 1.807) is 30.2 Å². The Hall–Kier alpha value is -2.74. The minimum absolute atomic E-state index is 0.396. The van der Waals surface area contributed by atoms with Gasteiger partial charge in [0.1, 0.15) is 5.82 Å². The van der Waals surface area contributed by atoms with Crippen molar-refractivity contribution in [2.45, 2.75) is 31.2 Å². The number of rotatable bonds is 5. The van der Waals surface area contributed by atoms with Gasteiger partial charge in [0, 0.05) is 18.5 Å². The fourth-order valence-electron chi connectivity index (χ4n) is 3.45. The quantitative estimate of drug-likeness (QED) is 0.725. The first-order valence-corrected chi connectivity index (χ1v) is 9.04. The number of nitrogens with one attached hydrogen (secondary N) is 2. The average molecular weight is 351 g/mol. The molecule has 3 aromatic heterocycles. The third kappa shape index (κ3) is 2.76. The molecule has 1 atom stereocenters. The SMILES string of the molecule is COc1cn2ncc(-c3cncc(NC4CCNC4)n3)c2nc1C1CC1. The van der Waals surface area contributed by atoms with Crippen LogP contribution in [0.15, 0.2) is 24.8 Å². The second kappa shape index (κ2) is 6.21. The minimum atomic E-state index is 0.396. The fourth-order valence-corrected chi connectivity index (χ4v) is 3.45. The van der Waals surface area contributed by atoms with E-state index in [1.165, 1.54) is 0 Å². The van der Waals surface area contributed by atoms with Crippen molar-refractivity contribution in [3.05, 3.63) is 30.5 Å². The molecular formula is C18H21N7O. The lowest BCUT2D eigenvalue weighted by Crippen LogP contribution is -2.22. The zero-order valence-electron chi connectivity index (χ0n) is 14.6. The normalized spacial score (nSPS) is 19.8. The van der Waals surface area contributed by atoms with Gasteiger partial charge in [-0.1, -0.05) is 0 Å². The summed E-state index contributed by atoms with van der Waals surface area (Å²) in [6, 6.07) is 0.396. The van der Waals surface area contributed by atoms with Gasteiger partial charge in [0.05, 0.1) is 48.8 Å². The summed E-state index contributed by atoms with van der Waals surface area (Å²) in [6.07, 6.45) is 10.6. The van der Waals surface area contributed by atoms with E-state index in [1.807, 2.05) is 6.20 Å².